The zero-order chi connectivity index (χ0) is 14.8. The number of aromatic nitrogens is 1. The molecule has 0 saturated heterocycles. The molecule has 0 saturated carbocycles. The minimum atomic E-state index is -0.223. The predicted octanol–water partition coefficient (Wildman–Crippen LogP) is 3.85. The van der Waals surface area contributed by atoms with Gasteiger partial charge in [0.2, 0.25) is 0 Å². The zero-order valence-corrected chi connectivity index (χ0v) is 12.0. The van der Waals surface area contributed by atoms with Gasteiger partial charge in [-0.25, -0.2) is 4.39 Å². The van der Waals surface area contributed by atoms with Gasteiger partial charge in [0.1, 0.15) is 17.3 Å². The number of methoxy groups -OCH3 is 2. The Morgan fingerprint density at radius 3 is 2.43 bits per heavy atom. The maximum atomic E-state index is 13.0. The number of ether oxygens (including phenoxy) is 2. The van der Waals surface area contributed by atoms with Crippen LogP contribution in [0.4, 0.5) is 4.39 Å². The molecule has 0 atom stereocenters. The Hall–Kier alpha value is -2.49. The van der Waals surface area contributed by atoms with Crippen LogP contribution in [0.1, 0.15) is 5.56 Å². The molecule has 1 aromatic heterocycles. The quantitative estimate of drug-likeness (QED) is 0.727. The topological polar surface area (TPSA) is 23.4 Å². The molecule has 2 aromatic carbocycles. The molecule has 3 rings (SSSR count). The molecular weight excluding hydrogens is 269 g/mol. The average Bonchev–Trinajstić information content (AvgIpc) is 2.91. The molecule has 3 aromatic rings. The van der Waals surface area contributed by atoms with Gasteiger partial charge < -0.3 is 14.0 Å². The second-order valence-electron chi connectivity index (χ2n) is 4.83. The monoisotopic (exact) mass is 285 g/mol. The van der Waals surface area contributed by atoms with E-state index < -0.39 is 0 Å². The third kappa shape index (κ3) is 2.57. The molecule has 0 bridgehead atoms. The molecule has 0 aliphatic heterocycles. The van der Waals surface area contributed by atoms with Crippen LogP contribution in [0, 0.1) is 5.82 Å². The van der Waals surface area contributed by atoms with Crippen LogP contribution in [0.3, 0.4) is 0 Å². The Labute approximate surface area is 122 Å². The SMILES string of the molecule is COc1cc(OC)c2ccn(Cc3ccc(F)cc3)c2c1. The summed E-state index contributed by atoms with van der Waals surface area (Å²) in [6.07, 6.45) is 2.00. The van der Waals surface area contributed by atoms with Crippen molar-refractivity contribution in [2.75, 3.05) is 14.2 Å². The van der Waals surface area contributed by atoms with Crippen molar-refractivity contribution in [2.24, 2.45) is 0 Å². The minimum absolute atomic E-state index is 0.223. The maximum absolute atomic E-state index is 13.0. The number of hydrogen-bond acceptors (Lipinski definition) is 2. The van der Waals surface area contributed by atoms with E-state index in [9.17, 15) is 4.39 Å². The fourth-order valence-corrected chi connectivity index (χ4v) is 2.45. The third-order valence-corrected chi connectivity index (χ3v) is 3.55. The summed E-state index contributed by atoms with van der Waals surface area (Å²) in [4.78, 5) is 0. The molecule has 4 heteroatoms. The first kappa shape index (κ1) is 13.5. The second kappa shape index (κ2) is 5.48. The van der Waals surface area contributed by atoms with E-state index in [1.54, 1.807) is 26.4 Å². The highest BCUT2D eigenvalue weighted by atomic mass is 19.1. The van der Waals surface area contributed by atoms with E-state index in [-0.39, 0.29) is 5.82 Å². The molecule has 0 N–H and O–H groups in total. The maximum Gasteiger partial charge on any atom is 0.131 e. The van der Waals surface area contributed by atoms with Crippen molar-refractivity contribution in [2.45, 2.75) is 6.54 Å². The number of halogens is 1. The van der Waals surface area contributed by atoms with Crippen LogP contribution >= 0.6 is 0 Å². The standard InChI is InChI=1S/C17H16FNO2/c1-20-14-9-16-15(17(10-14)21-2)7-8-19(16)11-12-3-5-13(18)6-4-12/h3-10H,11H2,1-2H3. The Kier molecular flexibility index (Phi) is 3.52. The van der Waals surface area contributed by atoms with Crippen molar-refractivity contribution in [1.82, 2.24) is 4.57 Å². The van der Waals surface area contributed by atoms with Gasteiger partial charge in [-0.3, -0.25) is 0 Å². The summed E-state index contributed by atoms with van der Waals surface area (Å²) in [5.41, 5.74) is 2.06. The summed E-state index contributed by atoms with van der Waals surface area (Å²) in [6.45, 7) is 0.667. The highest BCUT2D eigenvalue weighted by molar-refractivity contribution is 5.88. The van der Waals surface area contributed by atoms with Gasteiger partial charge in [-0.15, -0.1) is 0 Å². The number of nitrogens with zero attached hydrogens (tertiary/aromatic N) is 1. The van der Waals surface area contributed by atoms with E-state index >= 15 is 0 Å². The fraction of sp³-hybridized carbons (Fsp3) is 0.176. The Balaban J connectivity index is 2.04. The van der Waals surface area contributed by atoms with Crippen LogP contribution in [-0.4, -0.2) is 18.8 Å². The van der Waals surface area contributed by atoms with Crippen LogP contribution in [-0.2, 0) is 6.54 Å². The van der Waals surface area contributed by atoms with Gasteiger partial charge in [0, 0.05) is 30.3 Å². The minimum Gasteiger partial charge on any atom is -0.497 e. The number of rotatable bonds is 4. The van der Waals surface area contributed by atoms with E-state index in [2.05, 4.69) is 4.57 Å². The van der Waals surface area contributed by atoms with Crippen molar-refractivity contribution in [3.63, 3.8) is 0 Å². The first-order valence-corrected chi connectivity index (χ1v) is 6.66. The van der Waals surface area contributed by atoms with E-state index in [0.29, 0.717) is 6.54 Å². The first-order valence-electron chi connectivity index (χ1n) is 6.66. The molecule has 0 aliphatic carbocycles. The second-order valence-corrected chi connectivity index (χ2v) is 4.83. The molecule has 0 aliphatic rings. The van der Waals surface area contributed by atoms with E-state index in [0.717, 1.165) is 28.0 Å². The van der Waals surface area contributed by atoms with Gasteiger partial charge in [-0.05, 0) is 23.8 Å². The van der Waals surface area contributed by atoms with Crippen LogP contribution in [0.2, 0.25) is 0 Å². The van der Waals surface area contributed by atoms with Gasteiger partial charge in [0.25, 0.3) is 0 Å². The van der Waals surface area contributed by atoms with Gasteiger partial charge in [-0.1, -0.05) is 12.1 Å². The zero-order valence-electron chi connectivity index (χ0n) is 12.0. The average molecular weight is 285 g/mol. The van der Waals surface area contributed by atoms with Gasteiger partial charge in [0.05, 0.1) is 19.7 Å². The molecule has 108 valence electrons. The number of benzene rings is 2. The van der Waals surface area contributed by atoms with Crippen molar-refractivity contribution >= 4 is 10.9 Å². The summed E-state index contributed by atoms with van der Waals surface area (Å²) in [5.74, 6) is 1.31. The smallest absolute Gasteiger partial charge is 0.131 e. The van der Waals surface area contributed by atoms with Crippen molar-refractivity contribution < 1.29 is 13.9 Å². The number of hydrogen-bond donors (Lipinski definition) is 0. The summed E-state index contributed by atoms with van der Waals surface area (Å²) in [6, 6.07) is 12.4. The van der Waals surface area contributed by atoms with Gasteiger partial charge in [0.15, 0.2) is 0 Å². The van der Waals surface area contributed by atoms with E-state index in [4.69, 9.17) is 9.47 Å². The normalized spacial score (nSPS) is 10.8. The van der Waals surface area contributed by atoms with Crippen LogP contribution in [0.5, 0.6) is 11.5 Å². The molecule has 0 fully saturated rings. The van der Waals surface area contributed by atoms with Crippen LogP contribution in [0.25, 0.3) is 10.9 Å². The highest BCUT2D eigenvalue weighted by Crippen LogP contribution is 2.32. The lowest BCUT2D eigenvalue weighted by Crippen LogP contribution is -1.98. The molecule has 0 spiro atoms. The highest BCUT2D eigenvalue weighted by Gasteiger charge is 2.09. The lowest BCUT2D eigenvalue weighted by atomic mass is 10.2. The summed E-state index contributed by atoms with van der Waals surface area (Å²) < 4.78 is 25.8. The third-order valence-electron chi connectivity index (χ3n) is 3.55. The van der Waals surface area contributed by atoms with Crippen molar-refractivity contribution in [3.8, 4) is 11.5 Å². The van der Waals surface area contributed by atoms with Crippen molar-refractivity contribution in [1.29, 1.82) is 0 Å². The molecule has 1 heterocycles. The Bertz CT molecular complexity index is 762. The van der Waals surface area contributed by atoms with E-state index in [1.165, 1.54) is 12.1 Å². The van der Waals surface area contributed by atoms with Gasteiger partial charge in [-0.2, -0.15) is 0 Å². The van der Waals surface area contributed by atoms with E-state index in [1.807, 2.05) is 24.4 Å². The largest absolute Gasteiger partial charge is 0.497 e. The molecular formula is C17H16FNO2. The van der Waals surface area contributed by atoms with Crippen LogP contribution in [0.15, 0.2) is 48.7 Å². The molecule has 0 amide bonds. The molecule has 0 radical (unpaired) electrons. The molecule has 3 nitrogen and oxygen atoms in total. The summed E-state index contributed by atoms with van der Waals surface area (Å²) in [7, 11) is 3.28. The first-order chi connectivity index (χ1) is 10.2. The Morgan fingerprint density at radius 1 is 1.00 bits per heavy atom. The van der Waals surface area contributed by atoms with Crippen LogP contribution < -0.4 is 9.47 Å². The lowest BCUT2D eigenvalue weighted by Gasteiger charge is -2.09. The molecule has 0 unspecified atom stereocenters. The van der Waals surface area contributed by atoms with Gasteiger partial charge >= 0.3 is 0 Å². The Morgan fingerprint density at radius 2 is 1.76 bits per heavy atom. The lowest BCUT2D eigenvalue weighted by molar-refractivity contribution is 0.398. The van der Waals surface area contributed by atoms with Crippen molar-refractivity contribution in [3.05, 3.63) is 60.0 Å². The molecule has 21 heavy (non-hydrogen) atoms. The predicted molar refractivity (Wildman–Crippen MR) is 80.5 cm³/mol. The summed E-state index contributed by atoms with van der Waals surface area (Å²) in [5, 5.41) is 1.03. The number of fused-ring (bicyclic) bond motifs is 1. The fourth-order valence-electron chi connectivity index (χ4n) is 2.45. The summed E-state index contributed by atoms with van der Waals surface area (Å²) >= 11 is 0.